The van der Waals surface area contributed by atoms with Crippen LogP contribution in [0.25, 0.3) is 0 Å². The smallest absolute Gasteiger partial charge is 0.246 e. The van der Waals surface area contributed by atoms with Gasteiger partial charge in [-0.15, -0.1) is 0 Å². The van der Waals surface area contributed by atoms with Crippen LogP contribution in [0.4, 0.5) is 14.5 Å². The fourth-order valence-corrected chi connectivity index (χ4v) is 4.31. The molecule has 1 fully saturated rings. The maximum Gasteiger partial charge on any atom is 0.246 e. The fraction of sp³-hybridized carbons (Fsp3) is 0.278. The normalized spacial score (nSPS) is 15.6. The summed E-state index contributed by atoms with van der Waals surface area (Å²) in [5.41, 5.74) is 0.818. The van der Waals surface area contributed by atoms with Gasteiger partial charge < -0.3 is 10.2 Å². The molecule has 1 N–H and O–H groups in total. The molecule has 9 heteroatoms. The van der Waals surface area contributed by atoms with Crippen molar-refractivity contribution in [1.82, 2.24) is 9.21 Å². The molecule has 1 aliphatic rings. The summed E-state index contributed by atoms with van der Waals surface area (Å²) in [5.74, 6) is -2.11. The van der Waals surface area contributed by atoms with Gasteiger partial charge in [0.25, 0.3) is 0 Å². The Morgan fingerprint density at radius 1 is 1.00 bits per heavy atom. The second-order valence-corrected chi connectivity index (χ2v) is 7.99. The number of halogens is 2. The van der Waals surface area contributed by atoms with E-state index in [1.807, 2.05) is 30.3 Å². The highest BCUT2D eigenvalue weighted by Crippen LogP contribution is 2.21. The monoisotopic (exact) mass is 395 g/mol. The zero-order valence-corrected chi connectivity index (χ0v) is 15.3. The third kappa shape index (κ3) is 4.42. The van der Waals surface area contributed by atoms with Crippen molar-refractivity contribution >= 4 is 21.6 Å². The molecule has 1 amide bonds. The molecule has 6 nitrogen and oxygen atoms in total. The summed E-state index contributed by atoms with van der Waals surface area (Å²) in [6, 6.07) is 11.6. The van der Waals surface area contributed by atoms with Gasteiger partial charge in [0.2, 0.25) is 15.9 Å². The second-order valence-electron chi connectivity index (χ2n) is 6.08. The molecule has 144 valence electrons. The van der Waals surface area contributed by atoms with Crippen molar-refractivity contribution < 1.29 is 22.0 Å². The average Bonchev–Trinajstić information content (AvgIpc) is 2.66. The quantitative estimate of drug-likeness (QED) is 0.840. The Hall–Kier alpha value is -2.52. The van der Waals surface area contributed by atoms with Crippen LogP contribution < -0.4 is 5.32 Å². The van der Waals surface area contributed by atoms with Gasteiger partial charge >= 0.3 is 0 Å². The van der Waals surface area contributed by atoms with E-state index < -0.39 is 26.6 Å². The van der Waals surface area contributed by atoms with Crippen LogP contribution in [0.15, 0.2) is 53.4 Å². The van der Waals surface area contributed by atoms with Crippen LogP contribution in [0.3, 0.4) is 0 Å². The summed E-state index contributed by atoms with van der Waals surface area (Å²) in [7, 11) is -4.08. The Kier molecular flexibility index (Phi) is 5.71. The average molecular weight is 395 g/mol. The van der Waals surface area contributed by atoms with Crippen LogP contribution in [0.1, 0.15) is 0 Å². The number of sulfonamides is 1. The topological polar surface area (TPSA) is 69.7 Å². The Balaban J connectivity index is 1.58. The summed E-state index contributed by atoms with van der Waals surface area (Å²) in [6.07, 6.45) is 0. The molecule has 0 unspecified atom stereocenters. The van der Waals surface area contributed by atoms with E-state index in [-0.39, 0.29) is 38.6 Å². The number of amides is 1. The van der Waals surface area contributed by atoms with Gasteiger partial charge in [0.05, 0.1) is 6.54 Å². The zero-order valence-electron chi connectivity index (χ0n) is 14.4. The highest BCUT2D eigenvalue weighted by molar-refractivity contribution is 7.89. The van der Waals surface area contributed by atoms with E-state index in [9.17, 15) is 22.0 Å². The minimum absolute atomic E-state index is 0.0518. The van der Waals surface area contributed by atoms with E-state index in [0.717, 1.165) is 22.1 Å². The molecule has 27 heavy (non-hydrogen) atoms. The molecule has 1 heterocycles. The highest BCUT2D eigenvalue weighted by atomic mass is 32.2. The van der Waals surface area contributed by atoms with E-state index >= 15 is 0 Å². The molecule has 3 rings (SSSR count). The molecule has 0 aromatic heterocycles. The van der Waals surface area contributed by atoms with Crippen LogP contribution in [-0.2, 0) is 14.8 Å². The van der Waals surface area contributed by atoms with Crippen LogP contribution in [0.2, 0.25) is 0 Å². The lowest BCUT2D eigenvalue weighted by atomic mass is 10.3. The molecular formula is C18H19F2N3O3S. The van der Waals surface area contributed by atoms with Crippen molar-refractivity contribution in [2.24, 2.45) is 0 Å². The molecule has 0 saturated carbocycles. The van der Waals surface area contributed by atoms with E-state index in [4.69, 9.17) is 0 Å². The number of hydrogen-bond donors (Lipinski definition) is 1. The van der Waals surface area contributed by atoms with Gasteiger partial charge in [0, 0.05) is 37.9 Å². The van der Waals surface area contributed by atoms with Gasteiger partial charge in [-0.05, 0) is 24.3 Å². The molecule has 2 aromatic carbocycles. The second kappa shape index (κ2) is 8.01. The van der Waals surface area contributed by atoms with E-state index in [1.165, 1.54) is 0 Å². The minimum atomic E-state index is -4.08. The first kappa shape index (κ1) is 19.2. The third-order valence-electron chi connectivity index (χ3n) is 4.32. The molecular weight excluding hydrogens is 376 g/mol. The lowest BCUT2D eigenvalue weighted by molar-refractivity contribution is -0.130. The maximum atomic E-state index is 13.8. The summed E-state index contributed by atoms with van der Waals surface area (Å²) in [5, 5.41) is 3.01. The number of hydrogen-bond acceptors (Lipinski definition) is 4. The number of nitrogens with zero attached hydrogens (tertiary/aromatic N) is 2. The number of carbonyl (C=O) groups is 1. The van der Waals surface area contributed by atoms with Gasteiger partial charge in [0.1, 0.15) is 16.5 Å². The molecule has 0 bridgehead atoms. The number of rotatable bonds is 5. The first-order valence-corrected chi connectivity index (χ1v) is 9.84. The van der Waals surface area contributed by atoms with Crippen molar-refractivity contribution in [3.05, 3.63) is 60.2 Å². The highest BCUT2D eigenvalue weighted by Gasteiger charge is 2.31. The first-order valence-electron chi connectivity index (χ1n) is 8.40. The van der Waals surface area contributed by atoms with E-state index in [2.05, 4.69) is 5.32 Å². The third-order valence-corrected chi connectivity index (χ3v) is 6.25. The molecule has 0 atom stereocenters. The van der Waals surface area contributed by atoms with Gasteiger partial charge in [0.15, 0.2) is 0 Å². The Morgan fingerprint density at radius 3 is 2.30 bits per heavy atom. The Morgan fingerprint density at radius 2 is 1.67 bits per heavy atom. The number of carbonyl (C=O) groups excluding carboxylic acids is 1. The molecule has 1 aliphatic heterocycles. The predicted molar refractivity (Wildman–Crippen MR) is 96.6 cm³/mol. The maximum absolute atomic E-state index is 13.8. The van der Waals surface area contributed by atoms with E-state index in [0.29, 0.717) is 6.07 Å². The van der Waals surface area contributed by atoms with Crippen molar-refractivity contribution in [3.8, 4) is 0 Å². The van der Waals surface area contributed by atoms with Crippen molar-refractivity contribution in [3.63, 3.8) is 0 Å². The molecule has 0 spiro atoms. The van der Waals surface area contributed by atoms with Gasteiger partial charge in [-0.25, -0.2) is 17.2 Å². The summed E-state index contributed by atoms with van der Waals surface area (Å²) in [6.45, 7) is 0.616. The van der Waals surface area contributed by atoms with Crippen LogP contribution in [-0.4, -0.2) is 56.3 Å². The number of piperazine rings is 1. The number of benzene rings is 2. The van der Waals surface area contributed by atoms with Crippen LogP contribution >= 0.6 is 0 Å². The van der Waals surface area contributed by atoms with E-state index in [1.54, 1.807) is 4.90 Å². The zero-order chi connectivity index (χ0) is 19.4. The number of para-hydroxylation sites is 1. The molecule has 2 aromatic rings. The summed E-state index contributed by atoms with van der Waals surface area (Å²) < 4.78 is 53.1. The standard InChI is InChI=1S/C18H19F2N3O3S/c19-14-6-7-17(16(20)12-14)27(25,26)23-10-8-22(9-11-23)18(24)13-21-15-4-2-1-3-5-15/h1-7,12,21H,8-11,13H2. The fourth-order valence-electron chi connectivity index (χ4n) is 2.85. The largest absolute Gasteiger partial charge is 0.376 e. The van der Waals surface area contributed by atoms with Crippen LogP contribution in [0, 0.1) is 11.6 Å². The van der Waals surface area contributed by atoms with Crippen molar-refractivity contribution in [2.45, 2.75) is 4.90 Å². The Bertz CT molecular complexity index is 915. The summed E-state index contributed by atoms with van der Waals surface area (Å²) >= 11 is 0. The SMILES string of the molecule is O=C(CNc1ccccc1)N1CCN(S(=O)(=O)c2ccc(F)cc2F)CC1. The minimum Gasteiger partial charge on any atom is -0.376 e. The molecule has 1 saturated heterocycles. The Labute approximate surface area is 156 Å². The molecule has 0 radical (unpaired) electrons. The summed E-state index contributed by atoms with van der Waals surface area (Å²) in [4.78, 5) is 13.3. The molecule has 0 aliphatic carbocycles. The first-order chi connectivity index (χ1) is 12.9. The lowest BCUT2D eigenvalue weighted by Crippen LogP contribution is -2.51. The number of anilines is 1. The van der Waals surface area contributed by atoms with Gasteiger partial charge in [-0.1, -0.05) is 18.2 Å². The lowest BCUT2D eigenvalue weighted by Gasteiger charge is -2.34. The van der Waals surface area contributed by atoms with Gasteiger partial charge in [-0.2, -0.15) is 4.31 Å². The van der Waals surface area contributed by atoms with Crippen molar-refractivity contribution in [1.29, 1.82) is 0 Å². The van der Waals surface area contributed by atoms with Crippen molar-refractivity contribution in [2.75, 3.05) is 38.0 Å². The predicted octanol–water partition coefficient (Wildman–Crippen LogP) is 1.91. The van der Waals surface area contributed by atoms with Crippen LogP contribution in [0.5, 0.6) is 0 Å². The number of nitrogens with one attached hydrogen (secondary N) is 1. The van der Waals surface area contributed by atoms with Gasteiger partial charge in [-0.3, -0.25) is 4.79 Å².